The lowest BCUT2D eigenvalue weighted by Crippen LogP contribution is -2.38. The molecule has 0 aliphatic carbocycles. The maximum Gasteiger partial charge on any atom is 0.140 e. The molecule has 1 fully saturated rings. The van der Waals surface area contributed by atoms with E-state index in [1.54, 1.807) is 0 Å². The molecule has 1 unspecified atom stereocenters. The molecule has 0 aromatic heterocycles. The smallest absolute Gasteiger partial charge is 0.140 e. The van der Waals surface area contributed by atoms with Crippen LogP contribution in [-0.4, -0.2) is 18.9 Å². The number of rotatable bonds is 10. The Morgan fingerprint density at radius 2 is 1.74 bits per heavy atom. The summed E-state index contributed by atoms with van der Waals surface area (Å²) in [5, 5.41) is 3.38. The molecule has 1 saturated heterocycles. The molecular weight excluding hydrogens is 234 g/mol. The molecule has 2 heteroatoms. The van der Waals surface area contributed by atoms with E-state index in [2.05, 4.69) is 26.1 Å². The van der Waals surface area contributed by atoms with Crippen molar-refractivity contribution in [1.29, 1.82) is 0 Å². The Morgan fingerprint density at radius 3 is 2.26 bits per heavy atom. The lowest BCUT2D eigenvalue weighted by Gasteiger charge is -2.31. The van der Waals surface area contributed by atoms with Gasteiger partial charge in [-0.1, -0.05) is 59.3 Å². The van der Waals surface area contributed by atoms with Crippen molar-refractivity contribution in [3.63, 3.8) is 0 Å². The maximum absolute atomic E-state index is 12.5. The number of ketones is 1. The molecule has 1 N–H and O–H groups in total. The van der Waals surface area contributed by atoms with E-state index < -0.39 is 0 Å². The molecule has 0 radical (unpaired) electrons. The fraction of sp³-hybridized carbons (Fsp3) is 0.941. The summed E-state index contributed by atoms with van der Waals surface area (Å²) in [6.45, 7) is 8.58. The Balaban J connectivity index is 2.19. The third-order valence-corrected chi connectivity index (χ3v) is 4.86. The van der Waals surface area contributed by atoms with E-state index in [1.807, 2.05) is 0 Å². The highest BCUT2D eigenvalue weighted by molar-refractivity contribution is 5.85. The number of carbonyl (C=O) groups is 1. The molecular formula is C17H33NO. The fourth-order valence-electron chi connectivity index (χ4n) is 3.26. The molecule has 0 amide bonds. The highest BCUT2D eigenvalue weighted by Gasteiger charge is 2.42. The monoisotopic (exact) mass is 267 g/mol. The van der Waals surface area contributed by atoms with Gasteiger partial charge >= 0.3 is 0 Å². The molecule has 19 heavy (non-hydrogen) atoms. The lowest BCUT2D eigenvalue weighted by molar-refractivity contribution is -0.130. The second-order valence-electron chi connectivity index (χ2n) is 6.53. The van der Waals surface area contributed by atoms with E-state index >= 15 is 0 Å². The average Bonchev–Trinajstić information content (AvgIpc) is 2.88. The van der Waals surface area contributed by atoms with Crippen molar-refractivity contribution in [3.8, 4) is 0 Å². The summed E-state index contributed by atoms with van der Waals surface area (Å²) in [4.78, 5) is 12.5. The van der Waals surface area contributed by atoms with Gasteiger partial charge in [0.2, 0.25) is 0 Å². The third-order valence-electron chi connectivity index (χ3n) is 4.86. The summed E-state index contributed by atoms with van der Waals surface area (Å²) in [6.07, 6.45) is 10.9. The second-order valence-corrected chi connectivity index (χ2v) is 6.53. The average molecular weight is 267 g/mol. The zero-order valence-corrected chi connectivity index (χ0v) is 13.3. The van der Waals surface area contributed by atoms with Crippen LogP contribution in [0.2, 0.25) is 0 Å². The largest absolute Gasteiger partial charge is 0.316 e. The van der Waals surface area contributed by atoms with E-state index in [0.717, 1.165) is 32.4 Å². The zero-order valence-electron chi connectivity index (χ0n) is 13.3. The second kappa shape index (κ2) is 8.73. The van der Waals surface area contributed by atoms with Crippen molar-refractivity contribution in [2.45, 2.75) is 78.6 Å². The highest BCUT2D eigenvalue weighted by atomic mass is 16.1. The number of hydrogen-bond acceptors (Lipinski definition) is 2. The molecule has 1 atom stereocenters. The Morgan fingerprint density at radius 1 is 1.11 bits per heavy atom. The van der Waals surface area contributed by atoms with Crippen molar-refractivity contribution < 1.29 is 4.79 Å². The Hall–Kier alpha value is -0.370. The molecule has 0 aromatic rings. The van der Waals surface area contributed by atoms with Crippen molar-refractivity contribution in [1.82, 2.24) is 5.32 Å². The van der Waals surface area contributed by atoms with E-state index in [4.69, 9.17) is 0 Å². The molecule has 0 aromatic carbocycles. The van der Waals surface area contributed by atoms with Gasteiger partial charge in [-0.3, -0.25) is 4.79 Å². The van der Waals surface area contributed by atoms with Crippen LogP contribution < -0.4 is 5.32 Å². The van der Waals surface area contributed by atoms with E-state index in [9.17, 15) is 4.79 Å². The van der Waals surface area contributed by atoms with Gasteiger partial charge in [0.25, 0.3) is 0 Å². The van der Waals surface area contributed by atoms with Crippen LogP contribution in [-0.2, 0) is 4.79 Å². The van der Waals surface area contributed by atoms with Crippen molar-refractivity contribution in [3.05, 3.63) is 0 Å². The minimum absolute atomic E-state index is 0.0534. The van der Waals surface area contributed by atoms with Crippen LogP contribution in [0.4, 0.5) is 0 Å². The van der Waals surface area contributed by atoms with Crippen LogP contribution in [0.5, 0.6) is 0 Å². The van der Waals surface area contributed by atoms with Gasteiger partial charge in [0, 0.05) is 18.4 Å². The summed E-state index contributed by atoms with van der Waals surface area (Å²) in [6, 6.07) is 0. The standard InChI is InChI=1S/C17H33NO/c1-4-5-6-7-8-9-10-11-16(19)17(15(2)3)12-13-18-14-17/h15,18H,4-14H2,1-3H3. The predicted octanol–water partition coefficient (Wildman–Crippen LogP) is 4.33. The lowest BCUT2D eigenvalue weighted by atomic mass is 9.71. The van der Waals surface area contributed by atoms with Gasteiger partial charge < -0.3 is 5.32 Å². The molecule has 1 rings (SSSR count). The Labute approximate surface area is 119 Å². The summed E-state index contributed by atoms with van der Waals surface area (Å²) in [5.74, 6) is 0.987. The molecule has 1 heterocycles. The molecule has 0 spiro atoms. The Kier molecular flexibility index (Phi) is 7.67. The molecule has 0 saturated carbocycles. The van der Waals surface area contributed by atoms with Crippen LogP contribution in [0.1, 0.15) is 78.6 Å². The zero-order chi connectivity index (χ0) is 14.1. The first-order chi connectivity index (χ1) is 9.13. The van der Waals surface area contributed by atoms with Crippen molar-refractivity contribution >= 4 is 5.78 Å². The number of carbonyl (C=O) groups excluding carboxylic acids is 1. The quantitative estimate of drug-likeness (QED) is 0.597. The van der Waals surface area contributed by atoms with Crippen molar-refractivity contribution in [2.75, 3.05) is 13.1 Å². The highest BCUT2D eigenvalue weighted by Crippen LogP contribution is 2.36. The Bertz CT molecular complexity index is 254. The number of unbranched alkanes of at least 4 members (excludes halogenated alkanes) is 6. The van der Waals surface area contributed by atoms with E-state index in [0.29, 0.717) is 11.7 Å². The van der Waals surface area contributed by atoms with Gasteiger partial charge in [-0.25, -0.2) is 0 Å². The van der Waals surface area contributed by atoms with Gasteiger partial charge in [0.05, 0.1) is 0 Å². The first-order valence-electron chi connectivity index (χ1n) is 8.37. The maximum atomic E-state index is 12.5. The third kappa shape index (κ3) is 4.91. The van der Waals surface area contributed by atoms with Crippen LogP contribution >= 0.6 is 0 Å². The van der Waals surface area contributed by atoms with Crippen LogP contribution in [0.15, 0.2) is 0 Å². The van der Waals surface area contributed by atoms with Gasteiger partial charge in [-0.2, -0.15) is 0 Å². The minimum atomic E-state index is -0.0534. The van der Waals surface area contributed by atoms with Gasteiger partial charge in [-0.05, 0) is 25.3 Å². The summed E-state index contributed by atoms with van der Waals surface area (Å²) >= 11 is 0. The molecule has 2 nitrogen and oxygen atoms in total. The summed E-state index contributed by atoms with van der Waals surface area (Å²) in [7, 11) is 0. The predicted molar refractivity (Wildman–Crippen MR) is 82.4 cm³/mol. The van der Waals surface area contributed by atoms with Gasteiger partial charge in [0.15, 0.2) is 0 Å². The molecule has 0 bridgehead atoms. The van der Waals surface area contributed by atoms with E-state index in [1.165, 1.54) is 38.5 Å². The summed E-state index contributed by atoms with van der Waals surface area (Å²) in [5.41, 5.74) is -0.0534. The van der Waals surface area contributed by atoms with Crippen LogP contribution in [0, 0.1) is 11.3 Å². The number of Topliss-reactive ketones (excluding diaryl/α,β-unsaturated/α-hetero) is 1. The van der Waals surface area contributed by atoms with Crippen molar-refractivity contribution in [2.24, 2.45) is 11.3 Å². The van der Waals surface area contributed by atoms with Crippen LogP contribution in [0.3, 0.4) is 0 Å². The summed E-state index contributed by atoms with van der Waals surface area (Å²) < 4.78 is 0. The number of hydrogen-bond donors (Lipinski definition) is 1. The number of nitrogens with one attached hydrogen (secondary N) is 1. The minimum Gasteiger partial charge on any atom is -0.316 e. The molecule has 112 valence electrons. The van der Waals surface area contributed by atoms with Gasteiger partial charge in [-0.15, -0.1) is 0 Å². The van der Waals surface area contributed by atoms with Crippen LogP contribution in [0.25, 0.3) is 0 Å². The fourth-order valence-corrected chi connectivity index (χ4v) is 3.26. The molecule has 1 aliphatic heterocycles. The SMILES string of the molecule is CCCCCCCCCC(=O)C1(C(C)C)CCNC1. The first kappa shape index (κ1) is 16.7. The topological polar surface area (TPSA) is 29.1 Å². The normalized spacial score (nSPS) is 23.2. The molecule has 1 aliphatic rings. The van der Waals surface area contributed by atoms with E-state index in [-0.39, 0.29) is 5.41 Å². The first-order valence-corrected chi connectivity index (χ1v) is 8.37. The van der Waals surface area contributed by atoms with Gasteiger partial charge in [0.1, 0.15) is 5.78 Å².